The van der Waals surface area contributed by atoms with Gasteiger partial charge in [-0.2, -0.15) is 5.26 Å². The minimum Gasteiger partial charge on any atom is -0.396 e. The molecule has 3 nitrogen and oxygen atoms in total. The Hall–Kier alpha value is -1.60. The second-order valence-electron chi connectivity index (χ2n) is 7.70. The number of pyridine rings is 1. The number of hydrogen-bond donors (Lipinski definition) is 1. The number of nitriles is 1. The van der Waals surface area contributed by atoms with Crippen molar-refractivity contribution >= 4 is 27.2 Å². The summed E-state index contributed by atoms with van der Waals surface area (Å²) in [5.41, 5.74) is 8.24. The number of hydrogen-bond acceptors (Lipinski definition) is 4. The summed E-state index contributed by atoms with van der Waals surface area (Å²) in [5, 5.41) is 10.1. The summed E-state index contributed by atoms with van der Waals surface area (Å²) in [6, 6.07) is 6.49. The van der Waals surface area contributed by atoms with Gasteiger partial charge in [0.2, 0.25) is 0 Å². The Morgan fingerprint density at radius 2 is 1.77 bits per heavy atom. The van der Waals surface area contributed by atoms with Gasteiger partial charge in [0, 0.05) is 16.5 Å². The molecule has 2 aromatic heterocycles. The van der Waals surface area contributed by atoms with Crippen molar-refractivity contribution in [1.29, 1.82) is 5.26 Å². The third-order valence-electron chi connectivity index (χ3n) is 6.28. The zero-order valence-corrected chi connectivity index (χ0v) is 13.3. The predicted octanol–water partition coefficient (Wildman–Crippen LogP) is 4.22. The summed E-state index contributed by atoms with van der Waals surface area (Å²) >= 11 is 1.44. The van der Waals surface area contributed by atoms with Gasteiger partial charge in [-0.05, 0) is 68.4 Å². The van der Waals surface area contributed by atoms with Crippen molar-refractivity contribution < 1.29 is 0 Å². The number of anilines is 1. The molecule has 0 amide bonds. The first kappa shape index (κ1) is 12.9. The van der Waals surface area contributed by atoms with Gasteiger partial charge >= 0.3 is 0 Å². The highest BCUT2D eigenvalue weighted by molar-refractivity contribution is 7.19. The average molecular weight is 309 g/mol. The highest BCUT2D eigenvalue weighted by Gasteiger charge is 2.52. The molecular weight excluding hydrogens is 290 g/mol. The lowest BCUT2D eigenvalue weighted by molar-refractivity contribution is -0.00704. The molecule has 4 saturated carbocycles. The third-order valence-corrected chi connectivity index (χ3v) is 7.30. The summed E-state index contributed by atoms with van der Waals surface area (Å²) in [4.78, 5) is 6.53. The standard InChI is InChI=1S/C18H19N3S/c19-9-14-16(20)13-1-2-15(21-17(13)22-14)18-6-10-3-11(7-18)5-12(4-10)8-18/h1-2,10-12H,3-8,20H2. The lowest BCUT2D eigenvalue weighted by atomic mass is 9.49. The lowest BCUT2D eigenvalue weighted by Crippen LogP contribution is -2.48. The van der Waals surface area contributed by atoms with Crippen molar-refractivity contribution in [2.75, 3.05) is 5.73 Å². The molecule has 0 unspecified atom stereocenters. The number of thiophene rings is 1. The fourth-order valence-electron chi connectivity index (χ4n) is 5.80. The van der Waals surface area contributed by atoms with Crippen LogP contribution in [0.4, 0.5) is 5.69 Å². The Balaban J connectivity index is 1.63. The highest BCUT2D eigenvalue weighted by atomic mass is 32.1. The maximum atomic E-state index is 9.17. The van der Waals surface area contributed by atoms with Crippen LogP contribution in [0.3, 0.4) is 0 Å². The first-order valence-corrected chi connectivity index (χ1v) is 9.08. The topological polar surface area (TPSA) is 62.7 Å². The molecule has 0 spiro atoms. The van der Waals surface area contributed by atoms with E-state index >= 15 is 0 Å². The average Bonchev–Trinajstić information content (AvgIpc) is 2.82. The van der Waals surface area contributed by atoms with Crippen molar-refractivity contribution in [3.63, 3.8) is 0 Å². The Morgan fingerprint density at radius 3 is 2.36 bits per heavy atom. The Morgan fingerprint density at radius 1 is 1.14 bits per heavy atom. The number of fused-ring (bicyclic) bond motifs is 1. The summed E-state index contributed by atoms with van der Waals surface area (Å²) in [5.74, 6) is 2.77. The quantitative estimate of drug-likeness (QED) is 0.858. The number of nitrogen functional groups attached to an aromatic ring is 1. The van der Waals surface area contributed by atoms with E-state index in [-0.39, 0.29) is 0 Å². The molecular formula is C18H19N3S. The molecule has 22 heavy (non-hydrogen) atoms. The molecule has 4 bridgehead atoms. The smallest absolute Gasteiger partial charge is 0.130 e. The molecule has 6 rings (SSSR count). The van der Waals surface area contributed by atoms with E-state index in [2.05, 4.69) is 18.2 Å². The fraction of sp³-hybridized carbons (Fsp3) is 0.556. The van der Waals surface area contributed by atoms with Crippen molar-refractivity contribution in [2.24, 2.45) is 17.8 Å². The van der Waals surface area contributed by atoms with Gasteiger partial charge < -0.3 is 5.73 Å². The summed E-state index contributed by atoms with van der Waals surface area (Å²) in [6.45, 7) is 0. The highest BCUT2D eigenvalue weighted by Crippen LogP contribution is 2.60. The van der Waals surface area contributed by atoms with Gasteiger partial charge in [-0.15, -0.1) is 11.3 Å². The lowest BCUT2D eigenvalue weighted by Gasteiger charge is -2.56. The van der Waals surface area contributed by atoms with E-state index < -0.39 is 0 Å². The molecule has 4 fully saturated rings. The normalized spacial score (nSPS) is 35.9. The van der Waals surface area contributed by atoms with E-state index in [0.717, 1.165) is 28.0 Å². The van der Waals surface area contributed by atoms with E-state index in [1.54, 1.807) is 0 Å². The zero-order valence-electron chi connectivity index (χ0n) is 12.5. The van der Waals surface area contributed by atoms with E-state index in [0.29, 0.717) is 16.0 Å². The zero-order chi connectivity index (χ0) is 14.9. The SMILES string of the molecule is N#Cc1sc2nc(C34CC5CC(CC(C5)C3)C4)ccc2c1N. The second kappa shape index (κ2) is 4.23. The molecule has 0 aromatic carbocycles. The van der Waals surface area contributed by atoms with Crippen LogP contribution in [-0.4, -0.2) is 4.98 Å². The molecule has 2 aromatic rings. The maximum absolute atomic E-state index is 9.17. The number of nitrogens with zero attached hydrogens (tertiary/aromatic N) is 2. The van der Waals surface area contributed by atoms with Gasteiger partial charge in [0.15, 0.2) is 0 Å². The van der Waals surface area contributed by atoms with E-state index in [9.17, 15) is 5.26 Å². The van der Waals surface area contributed by atoms with Crippen LogP contribution in [0.2, 0.25) is 0 Å². The van der Waals surface area contributed by atoms with E-state index in [1.165, 1.54) is 55.6 Å². The van der Waals surface area contributed by atoms with Crippen molar-refractivity contribution in [3.05, 3.63) is 22.7 Å². The van der Waals surface area contributed by atoms with Gasteiger partial charge in [-0.3, -0.25) is 0 Å². The summed E-state index contributed by atoms with van der Waals surface area (Å²) in [6.07, 6.45) is 8.32. The first-order chi connectivity index (χ1) is 10.7. The molecule has 0 atom stereocenters. The van der Waals surface area contributed by atoms with Crippen molar-refractivity contribution in [3.8, 4) is 6.07 Å². The fourth-order valence-corrected chi connectivity index (χ4v) is 6.69. The third kappa shape index (κ3) is 1.63. The second-order valence-corrected chi connectivity index (χ2v) is 8.70. The minimum atomic E-state index is 0.314. The number of nitrogens with two attached hydrogens (primary N) is 1. The Kier molecular flexibility index (Phi) is 2.48. The van der Waals surface area contributed by atoms with Crippen LogP contribution in [0.5, 0.6) is 0 Å². The van der Waals surface area contributed by atoms with Crippen LogP contribution >= 0.6 is 11.3 Å². The molecule has 4 aliphatic carbocycles. The Bertz CT molecular complexity index is 778. The summed E-state index contributed by atoms with van der Waals surface area (Å²) < 4.78 is 0. The Labute approximate surface area is 134 Å². The van der Waals surface area contributed by atoms with Crippen molar-refractivity contribution in [1.82, 2.24) is 4.98 Å². The van der Waals surface area contributed by atoms with Gasteiger partial charge in [-0.25, -0.2) is 4.98 Å². The molecule has 4 aliphatic rings. The van der Waals surface area contributed by atoms with Gasteiger partial charge in [0.25, 0.3) is 0 Å². The van der Waals surface area contributed by atoms with Gasteiger partial charge in [0.1, 0.15) is 15.8 Å². The van der Waals surface area contributed by atoms with Crippen LogP contribution in [0.25, 0.3) is 10.2 Å². The molecule has 4 heteroatoms. The molecule has 0 radical (unpaired) electrons. The van der Waals surface area contributed by atoms with E-state index in [4.69, 9.17) is 10.7 Å². The largest absolute Gasteiger partial charge is 0.396 e. The summed E-state index contributed by atoms with van der Waals surface area (Å²) in [7, 11) is 0. The molecule has 112 valence electrons. The van der Waals surface area contributed by atoms with Crippen LogP contribution < -0.4 is 5.73 Å². The number of rotatable bonds is 1. The first-order valence-electron chi connectivity index (χ1n) is 8.26. The van der Waals surface area contributed by atoms with Crippen LogP contribution in [0.1, 0.15) is 49.1 Å². The van der Waals surface area contributed by atoms with Gasteiger partial charge in [-0.1, -0.05) is 0 Å². The number of aromatic nitrogens is 1. The van der Waals surface area contributed by atoms with E-state index in [1.807, 2.05) is 0 Å². The van der Waals surface area contributed by atoms with Crippen molar-refractivity contribution in [2.45, 2.75) is 43.9 Å². The predicted molar refractivity (Wildman–Crippen MR) is 88.6 cm³/mol. The monoisotopic (exact) mass is 309 g/mol. The van der Waals surface area contributed by atoms with Gasteiger partial charge in [0.05, 0.1) is 5.69 Å². The van der Waals surface area contributed by atoms with Crippen LogP contribution in [0, 0.1) is 29.1 Å². The molecule has 0 saturated heterocycles. The molecule has 2 heterocycles. The van der Waals surface area contributed by atoms with Crippen LogP contribution in [0.15, 0.2) is 12.1 Å². The molecule has 2 N–H and O–H groups in total. The molecule has 0 aliphatic heterocycles. The van der Waals surface area contributed by atoms with Crippen LogP contribution in [-0.2, 0) is 5.41 Å². The minimum absolute atomic E-state index is 0.314. The maximum Gasteiger partial charge on any atom is 0.130 e.